The van der Waals surface area contributed by atoms with E-state index in [2.05, 4.69) is 16.0 Å². The molecule has 0 aliphatic heterocycles. The number of halogens is 1. The van der Waals surface area contributed by atoms with Gasteiger partial charge in [-0.05, 0) is 59.3 Å². The zero-order valence-electron chi connectivity index (χ0n) is 16.4. The Morgan fingerprint density at radius 2 is 1.93 bits per heavy atom. The summed E-state index contributed by atoms with van der Waals surface area (Å²) >= 11 is 7.62. The lowest BCUT2D eigenvalue weighted by Crippen LogP contribution is -2.41. The molecule has 0 amide bonds. The lowest BCUT2D eigenvalue weighted by atomic mass is 10.2. The number of thiophene rings is 1. The van der Waals surface area contributed by atoms with Gasteiger partial charge in [0.25, 0.3) is 5.56 Å². The van der Waals surface area contributed by atoms with Crippen LogP contribution in [0.3, 0.4) is 0 Å². The fourth-order valence-electron chi connectivity index (χ4n) is 3.27. The number of unbranched alkanes of at least 4 members (excludes halogenated alkanes) is 1. The van der Waals surface area contributed by atoms with Crippen LogP contribution in [-0.4, -0.2) is 25.7 Å². The first-order chi connectivity index (χ1) is 14.6. The Kier molecular flexibility index (Phi) is 6.06. The molecule has 7 nitrogen and oxygen atoms in total. The van der Waals surface area contributed by atoms with Crippen molar-refractivity contribution in [1.29, 1.82) is 0 Å². The minimum absolute atomic E-state index is 0.0894. The number of aryl methyl sites for hydroxylation is 1. The number of hydrogen-bond donors (Lipinski definition) is 1. The second kappa shape index (κ2) is 8.89. The highest BCUT2D eigenvalue weighted by atomic mass is 35.5. The van der Waals surface area contributed by atoms with Gasteiger partial charge in [0.05, 0.1) is 6.54 Å². The van der Waals surface area contributed by atoms with Crippen molar-refractivity contribution < 1.29 is 4.74 Å². The molecule has 0 aliphatic carbocycles. The number of aromatic amines is 1. The molecule has 0 saturated heterocycles. The number of ether oxygens (including phenoxy) is 1. The highest BCUT2D eigenvalue weighted by molar-refractivity contribution is 7.13. The van der Waals surface area contributed by atoms with Crippen LogP contribution in [0.2, 0.25) is 5.28 Å². The van der Waals surface area contributed by atoms with Gasteiger partial charge in [-0.15, -0.1) is 11.3 Å². The molecular formula is C21H21ClN4O3S. The summed E-state index contributed by atoms with van der Waals surface area (Å²) in [6.45, 7) is 2.82. The molecule has 3 aromatic heterocycles. The number of rotatable bonds is 8. The predicted molar refractivity (Wildman–Crippen MR) is 120 cm³/mol. The van der Waals surface area contributed by atoms with Gasteiger partial charge in [-0.3, -0.25) is 13.9 Å². The predicted octanol–water partition coefficient (Wildman–Crippen LogP) is 4.15. The maximum absolute atomic E-state index is 12.9. The SMILES string of the molecule is CCCCn1c(=O)n(CCOc2ccc(-c3cccs3)cc2)c(=O)c2[nH]c(Cl)nc21. The van der Waals surface area contributed by atoms with Crippen LogP contribution in [0.4, 0.5) is 0 Å². The molecule has 0 unspecified atom stereocenters. The fraction of sp³-hybridized carbons (Fsp3) is 0.286. The van der Waals surface area contributed by atoms with Crippen LogP contribution in [0.5, 0.6) is 5.75 Å². The van der Waals surface area contributed by atoms with E-state index in [1.54, 1.807) is 11.3 Å². The van der Waals surface area contributed by atoms with Gasteiger partial charge in [0.1, 0.15) is 12.4 Å². The van der Waals surface area contributed by atoms with Crippen molar-refractivity contribution in [2.24, 2.45) is 0 Å². The summed E-state index contributed by atoms with van der Waals surface area (Å²) in [6, 6.07) is 11.8. The molecule has 0 aliphatic rings. The Labute approximate surface area is 181 Å². The summed E-state index contributed by atoms with van der Waals surface area (Å²) in [6.07, 6.45) is 1.71. The summed E-state index contributed by atoms with van der Waals surface area (Å²) < 4.78 is 8.45. The molecule has 9 heteroatoms. The number of imidazole rings is 1. The topological polar surface area (TPSA) is 81.9 Å². The number of fused-ring (bicyclic) bond motifs is 1. The largest absolute Gasteiger partial charge is 0.492 e. The van der Waals surface area contributed by atoms with E-state index < -0.39 is 11.2 Å². The van der Waals surface area contributed by atoms with Crippen LogP contribution in [0, 0.1) is 0 Å². The standard InChI is InChI=1S/C21H21ClN4O3S/c1-2-3-10-25-18-17(23-20(22)24-18)19(27)26(21(25)28)11-12-29-15-8-6-14(7-9-15)16-5-4-13-30-16/h4-9,13H,2-3,10-12H2,1H3,(H,23,24). The summed E-state index contributed by atoms with van der Waals surface area (Å²) in [5.74, 6) is 0.681. The molecular weight excluding hydrogens is 424 g/mol. The van der Waals surface area contributed by atoms with Crippen LogP contribution >= 0.6 is 22.9 Å². The normalized spacial score (nSPS) is 11.3. The Balaban J connectivity index is 1.53. The molecule has 30 heavy (non-hydrogen) atoms. The van der Waals surface area contributed by atoms with Crippen LogP contribution in [-0.2, 0) is 13.1 Å². The minimum atomic E-state index is -0.446. The number of nitrogens with one attached hydrogen (secondary N) is 1. The monoisotopic (exact) mass is 444 g/mol. The molecule has 156 valence electrons. The van der Waals surface area contributed by atoms with E-state index in [1.165, 1.54) is 14.0 Å². The van der Waals surface area contributed by atoms with E-state index in [0.29, 0.717) is 17.9 Å². The van der Waals surface area contributed by atoms with Gasteiger partial charge >= 0.3 is 5.69 Å². The highest BCUT2D eigenvalue weighted by Gasteiger charge is 2.16. The lowest BCUT2D eigenvalue weighted by Gasteiger charge is -2.12. The molecule has 0 atom stereocenters. The second-order valence-corrected chi connectivity index (χ2v) is 8.13. The number of hydrogen-bond acceptors (Lipinski definition) is 5. The van der Waals surface area contributed by atoms with Crippen LogP contribution in [0.25, 0.3) is 21.6 Å². The van der Waals surface area contributed by atoms with Gasteiger partial charge < -0.3 is 9.72 Å². The first kappa shape index (κ1) is 20.4. The van der Waals surface area contributed by atoms with Crippen molar-refractivity contribution in [1.82, 2.24) is 19.1 Å². The van der Waals surface area contributed by atoms with E-state index in [4.69, 9.17) is 16.3 Å². The first-order valence-corrected chi connectivity index (χ1v) is 11.0. The molecule has 1 N–H and O–H groups in total. The third kappa shape index (κ3) is 4.06. The smallest absolute Gasteiger partial charge is 0.332 e. The van der Waals surface area contributed by atoms with Gasteiger partial charge in [-0.25, -0.2) is 4.79 Å². The Bertz CT molecular complexity index is 1260. The van der Waals surface area contributed by atoms with Crippen molar-refractivity contribution in [2.75, 3.05) is 6.61 Å². The molecule has 0 fully saturated rings. The molecule has 3 heterocycles. The molecule has 0 saturated carbocycles. The van der Waals surface area contributed by atoms with Gasteiger partial charge in [0.15, 0.2) is 11.2 Å². The quantitative estimate of drug-likeness (QED) is 0.414. The average Bonchev–Trinajstić information content (AvgIpc) is 3.41. The molecule has 0 bridgehead atoms. The van der Waals surface area contributed by atoms with E-state index in [-0.39, 0.29) is 24.0 Å². The molecule has 4 aromatic rings. The zero-order valence-corrected chi connectivity index (χ0v) is 18.0. The van der Waals surface area contributed by atoms with Crippen LogP contribution in [0.1, 0.15) is 19.8 Å². The van der Waals surface area contributed by atoms with Crippen molar-refractivity contribution in [2.45, 2.75) is 32.9 Å². The number of aromatic nitrogens is 4. The summed E-state index contributed by atoms with van der Waals surface area (Å²) in [4.78, 5) is 33.7. The minimum Gasteiger partial charge on any atom is -0.492 e. The molecule has 4 rings (SSSR count). The van der Waals surface area contributed by atoms with E-state index in [0.717, 1.165) is 18.4 Å². The van der Waals surface area contributed by atoms with E-state index in [9.17, 15) is 9.59 Å². The second-order valence-electron chi connectivity index (χ2n) is 6.82. The Morgan fingerprint density at radius 1 is 1.13 bits per heavy atom. The highest BCUT2D eigenvalue weighted by Crippen LogP contribution is 2.26. The third-order valence-electron chi connectivity index (χ3n) is 4.81. The lowest BCUT2D eigenvalue weighted by molar-refractivity contribution is 0.292. The summed E-state index contributed by atoms with van der Waals surface area (Å²) in [5, 5.41) is 2.13. The number of nitrogens with zero attached hydrogens (tertiary/aromatic N) is 3. The Hall–Kier alpha value is -2.84. The third-order valence-corrected chi connectivity index (χ3v) is 5.91. The van der Waals surface area contributed by atoms with Gasteiger partial charge in [0.2, 0.25) is 5.28 Å². The van der Waals surface area contributed by atoms with Gasteiger partial charge in [0, 0.05) is 11.4 Å². The van der Waals surface area contributed by atoms with Crippen LogP contribution in [0.15, 0.2) is 51.4 Å². The molecule has 0 spiro atoms. The average molecular weight is 445 g/mol. The maximum atomic E-state index is 12.9. The van der Waals surface area contributed by atoms with Crippen LogP contribution < -0.4 is 16.0 Å². The maximum Gasteiger partial charge on any atom is 0.332 e. The van der Waals surface area contributed by atoms with Crippen molar-refractivity contribution in [3.63, 3.8) is 0 Å². The number of H-pyrrole nitrogens is 1. The number of benzene rings is 1. The zero-order chi connectivity index (χ0) is 21.1. The summed E-state index contributed by atoms with van der Waals surface area (Å²) in [5.41, 5.74) is 0.800. The van der Waals surface area contributed by atoms with Crippen molar-refractivity contribution in [3.8, 4) is 16.2 Å². The van der Waals surface area contributed by atoms with Crippen molar-refractivity contribution >= 4 is 34.1 Å². The fourth-order valence-corrected chi connectivity index (χ4v) is 4.17. The molecule has 1 aromatic carbocycles. The van der Waals surface area contributed by atoms with E-state index in [1.807, 2.05) is 42.6 Å². The summed E-state index contributed by atoms with van der Waals surface area (Å²) in [7, 11) is 0. The Morgan fingerprint density at radius 3 is 2.63 bits per heavy atom. The van der Waals surface area contributed by atoms with Gasteiger partial charge in [-0.2, -0.15) is 4.98 Å². The van der Waals surface area contributed by atoms with Gasteiger partial charge in [-0.1, -0.05) is 19.4 Å². The van der Waals surface area contributed by atoms with E-state index >= 15 is 0 Å². The molecule has 0 radical (unpaired) electrons. The van der Waals surface area contributed by atoms with Crippen molar-refractivity contribution in [3.05, 3.63) is 67.9 Å². The first-order valence-electron chi connectivity index (χ1n) is 9.74.